The van der Waals surface area contributed by atoms with Crippen LogP contribution in [0.5, 0.6) is 0 Å². The number of amides is 2. The number of fused-ring (bicyclic) bond motifs is 1. The molecule has 0 aliphatic carbocycles. The first kappa shape index (κ1) is 19.3. The summed E-state index contributed by atoms with van der Waals surface area (Å²) in [7, 11) is 1.83. The van der Waals surface area contributed by atoms with Gasteiger partial charge < -0.3 is 24.9 Å². The minimum atomic E-state index is -0.171. The van der Waals surface area contributed by atoms with Crippen LogP contribution in [-0.4, -0.2) is 47.2 Å². The van der Waals surface area contributed by atoms with Crippen LogP contribution in [0.1, 0.15) is 22.5 Å². The summed E-state index contributed by atoms with van der Waals surface area (Å²) >= 11 is 0. The van der Waals surface area contributed by atoms with Gasteiger partial charge in [0.2, 0.25) is 5.91 Å². The van der Waals surface area contributed by atoms with E-state index in [1.165, 1.54) is 10.9 Å². The number of carbonyl (C=O) groups excluding carboxylic acids is 2. The molecule has 0 unspecified atom stereocenters. The summed E-state index contributed by atoms with van der Waals surface area (Å²) < 4.78 is 7.48. The standard InChI is InChI=1S/C22H26N4O3/c1-26-10-4-7-20(26)22(28)25-13-17-11-16(14-29-17)21(27)23-9-8-15-12-24-19-6-3-2-5-18(15)19/h2-7,10,12,16-17,24H,8-9,11,13-14H2,1H3,(H,23,27)(H,25,28)/t16-,17-/m0/s1. The predicted octanol–water partition coefficient (Wildman–Crippen LogP) is 2.00. The van der Waals surface area contributed by atoms with Crippen LogP contribution in [0.25, 0.3) is 10.9 Å². The minimum Gasteiger partial charge on any atom is -0.376 e. The first-order valence-corrected chi connectivity index (χ1v) is 9.95. The van der Waals surface area contributed by atoms with Crippen molar-refractivity contribution < 1.29 is 14.3 Å². The monoisotopic (exact) mass is 394 g/mol. The highest BCUT2D eigenvalue weighted by Gasteiger charge is 2.31. The Labute approximate surface area is 169 Å². The van der Waals surface area contributed by atoms with E-state index in [1.54, 1.807) is 10.6 Å². The molecule has 2 aromatic heterocycles. The summed E-state index contributed by atoms with van der Waals surface area (Å²) in [5, 5.41) is 7.10. The molecule has 1 saturated heterocycles. The number of para-hydroxylation sites is 1. The zero-order chi connectivity index (χ0) is 20.2. The van der Waals surface area contributed by atoms with E-state index in [2.05, 4.69) is 21.7 Å². The largest absolute Gasteiger partial charge is 0.376 e. The number of ether oxygens (including phenoxy) is 1. The molecular weight excluding hydrogens is 368 g/mol. The van der Waals surface area contributed by atoms with Gasteiger partial charge in [0.05, 0.1) is 18.6 Å². The van der Waals surface area contributed by atoms with Gasteiger partial charge in [0.1, 0.15) is 5.69 Å². The van der Waals surface area contributed by atoms with Crippen molar-refractivity contribution in [3.05, 3.63) is 60.0 Å². The number of nitrogens with one attached hydrogen (secondary N) is 3. The van der Waals surface area contributed by atoms with Crippen molar-refractivity contribution in [2.45, 2.75) is 18.9 Å². The van der Waals surface area contributed by atoms with Gasteiger partial charge in [0.15, 0.2) is 0 Å². The minimum absolute atomic E-state index is 0.0149. The molecule has 1 aromatic carbocycles. The van der Waals surface area contributed by atoms with Gasteiger partial charge in [-0.1, -0.05) is 18.2 Å². The molecule has 3 aromatic rings. The first-order valence-electron chi connectivity index (χ1n) is 9.95. The predicted molar refractivity (Wildman–Crippen MR) is 111 cm³/mol. The van der Waals surface area contributed by atoms with Crippen molar-refractivity contribution in [3.63, 3.8) is 0 Å². The quantitative estimate of drug-likeness (QED) is 0.573. The zero-order valence-corrected chi connectivity index (χ0v) is 16.5. The number of hydrogen-bond donors (Lipinski definition) is 3. The van der Waals surface area contributed by atoms with Crippen LogP contribution in [0.3, 0.4) is 0 Å². The number of aromatic amines is 1. The highest BCUT2D eigenvalue weighted by Crippen LogP contribution is 2.20. The van der Waals surface area contributed by atoms with Crippen LogP contribution in [0.15, 0.2) is 48.8 Å². The second-order valence-corrected chi connectivity index (χ2v) is 7.50. The Balaban J connectivity index is 1.20. The van der Waals surface area contributed by atoms with Crippen LogP contribution in [0.4, 0.5) is 0 Å². The molecule has 3 heterocycles. The van der Waals surface area contributed by atoms with E-state index in [-0.39, 0.29) is 23.8 Å². The summed E-state index contributed by atoms with van der Waals surface area (Å²) in [4.78, 5) is 27.9. The molecule has 2 amide bonds. The molecule has 1 aliphatic rings. The summed E-state index contributed by atoms with van der Waals surface area (Å²) in [6.07, 6.45) is 5.09. The molecular formula is C22H26N4O3. The lowest BCUT2D eigenvalue weighted by molar-refractivity contribution is -0.124. The van der Waals surface area contributed by atoms with E-state index in [0.717, 1.165) is 11.9 Å². The van der Waals surface area contributed by atoms with Gasteiger partial charge in [-0.2, -0.15) is 0 Å². The van der Waals surface area contributed by atoms with Crippen molar-refractivity contribution in [2.24, 2.45) is 13.0 Å². The number of hydrogen-bond acceptors (Lipinski definition) is 3. The molecule has 2 atom stereocenters. The number of carbonyl (C=O) groups is 2. The Morgan fingerprint density at radius 2 is 2.07 bits per heavy atom. The van der Waals surface area contributed by atoms with E-state index in [1.807, 2.05) is 43.7 Å². The highest BCUT2D eigenvalue weighted by molar-refractivity contribution is 5.92. The fourth-order valence-corrected chi connectivity index (χ4v) is 3.83. The topological polar surface area (TPSA) is 88.2 Å². The maximum absolute atomic E-state index is 12.5. The van der Waals surface area contributed by atoms with Gasteiger partial charge in [-0.25, -0.2) is 0 Å². The number of benzene rings is 1. The third-order valence-corrected chi connectivity index (χ3v) is 5.49. The van der Waals surface area contributed by atoms with Gasteiger partial charge in [0, 0.05) is 43.4 Å². The van der Waals surface area contributed by atoms with E-state index in [4.69, 9.17) is 4.74 Å². The van der Waals surface area contributed by atoms with Gasteiger partial charge in [-0.15, -0.1) is 0 Å². The van der Waals surface area contributed by atoms with Gasteiger partial charge >= 0.3 is 0 Å². The fourth-order valence-electron chi connectivity index (χ4n) is 3.83. The van der Waals surface area contributed by atoms with Crippen LogP contribution in [0.2, 0.25) is 0 Å². The number of aryl methyl sites for hydroxylation is 1. The van der Waals surface area contributed by atoms with Crippen molar-refractivity contribution in [1.29, 1.82) is 0 Å². The van der Waals surface area contributed by atoms with E-state index in [9.17, 15) is 9.59 Å². The maximum atomic E-state index is 12.5. The Bertz CT molecular complexity index is 1010. The van der Waals surface area contributed by atoms with Gasteiger partial charge in [0.25, 0.3) is 5.91 Å². The second kappa shape index (κ2) is 8.53. The molecule has 3 N–H and O–H groups in total. The van der Waals surface area contributed by atoms with Crippen molar-refractivity contribution in [1.82, 2.24) is 20.2 Å². The Hall–Kier alpha value is -3.06. The van der Waals surface area contributed by atoms with E-state index in [0.29, 0.717) is 31.8 Å². The van der Waals surface area contributed by atoms with Crippen LogP contribution in [0, 0.1) is 5.92 Å². The Kier molecular flexibility index (Phi) is 5.67. The molecule has 7 heteroatoms. The molecule has 0 bridgehead atoms. The summed E-state index contributed by atoms with van der Waals surface area (Å²) in [5.74, 6) is -0.288. The smallest absolute Gasteiger partial charge is 0.267 e. The van der Waals surface area contributed by atoms with Crippen LogP contribution < -0.4 is 10.6 Å². The molecule has 7 nitrogen and oxygen atoms in total. The third kappa shape index (κ3) is 4.35. The average Bonchev–Trinajstić information content (AvgIpc) is 3.46. The number of H-pyrrole nitrogens is 1. The maximum Gasteiger partial charge on any atom is 0.267 e. The van der Waals surface area contributed by atoms with E-state index < -0.39 is 0 Å². The Morgan fingerprint density at radius 3 is 2.90 bits per heavy atom. The molecule has 1 fully saturated rings. The lowest BCUT2D eigenvalue weighted by Crippen LogP contribution is -2.34. The zero-order valence-electron chi connectivity index (χ0n) is 16.5. The lowest BCUT2D eigenvalue weighted by Gasteiger charge is -2.12. The molecule has 1 aliphatic heterocycles. The highest BCUT2D eigenvalue weighted by atomic mass is 16.5. The average molecular weight is 394 g/mol. The number of nitrogens with zero attached hydrogens (tertiary/aromatic N) is 1. The van der Waals surface area contributed by atoms with E-state index >= 15 is 0 Å². The first-order chi connectivity index (χ1) is 14.1. The molecule has 152 valence electrons. The summed E-state index contributed by atoms with van der Waals surface area (Å²) in [5.41, 5.74) is 2.91. The third-order valence-electron chi connectivity index (χ3n) is 5.49. The number of rotatable bonds is 7. The van der Waals surface area contributed by atoms with Crippen molar-refractivity contribution in [2.75, 3.05) is 19.7 Å². The van der Waals surface area contributed by atoms with Crippen LogP contribution in [-0.2, 0) is 23.0 Å². The van der Waals surface area contributed by atoms with Gasteiger partial charge in [-0.3, -0.25) is 9.59 Å². The van der Waals surface area contributed by atoms with Crippen LogP contribution >= 0.6 is 0 Å². The summed E-state index contributed by atoms with van der Waals surface area (Å²) in [6, 6.07) is 11.8. The van der Waals surface area contributed by atoms with Gasteiger partial charge in [-0.05, 0) is 36.6 Å². The lowest BCUT2D eigenvalue weighted by atomic mass is 10.0. The summed E-state index contributed by atoms with van der Waals surface area (Å²) in [6.45, 7) is 1.39. The molecule has 0 saturated carbocycles. The second-order valence-electron chi connectivity index (χ2n) is 7.50. The molecule has 0 spiro atoms. The molecule has 4 rings (SSSR count). The van der Waals surface area contributed by atoms with Crippen molar-refractivity contribution >= 4 is 22.7 Å². The van der Waals surface area contributed by atoms with Crippen molar-refractivity contribution in [3.8, 4) is 0 Å². The molecule has 0 radical (unpaired) electrons. The molecule has 29 heavy (non-hydrogen) atoms. The Morgan fingerprint density at radius 1 is 1.21 bits per heavy atom. The number of aromatic nitrogens is 2. The normalized spacial score (nSPS) is 18.8. The SMILES string of the molecule is Cn1cccc1C(=O)NC[C@@H]1C[C@H](C(=O)NCCc2c[nH]c3ccccc23)CO1. The fraction of sp³-hybridized carbons (Fsp3) is 0.364.